The number of benzene rings is 5. The van der Waals surface area contributed by atoms with E-state index in [4.69, 9.17) is 15.0 Å². The fraction of sp³-hybridized carbons (Fsp3) is 0. The Hall–Kier alpha value is -5.92. The van der Waals surface area contributed by atoms with Crippen LogP contribution in [0.5, 0.6) is 0 Å². The molecule has 4 heteroatoms. The summed E-state index contributed by atoms with van der Waals surface area (Å²) in [7, 11) is 0. The van der Waals surface area contributed by atoms with Crippen LogP contribution in [0.25, 0.3) is 61.4 Å². The molecule has 0 N–H and O–H groups in total. The first-order chi connectivity index (χ1) is 20.7. The first-order valence-corrected chi connectivity index (χ1v) is 13.6. The van der Waals surface area contributed by atoms with Crippen LogP contribution in [0.3, 0.4) is 0 Å². The van der Waals surface area contributed by atoms with Gasteiger partial charge < -0.3 is 0 Å². The Balaban J connectivity index is 1.43. The SMILES string of the molecule is C=C/C=C(\C=C)c1nc(-c2ccccc2)nc(-c2ccc(-c3ccc(-c4cccc(C#N)c4)c4ccccc34)cc2)n1. The molecule has 0 aliphatic carbocycles. The summed E-state index contributed by atoms with van der Waals surface area (Å²) in [6.45, 7) is 7.75. The van der Waals surface area contributed by atoms with Crippen molar-refractivity contribution in [2.24, 2.45) is 0 Å². The molecule has 0 aliphatic heterocycles. The van der Waals surface area contributed by atoms with Gasteiger partial charge in [0.1, 0.15) is 0 Å². The number of nitriles is 1. The van der Waals surface area contributed by atoms with Gasteiger partial charge in [-0.2, -0.15) is 5.26 Å². The minimum absolute atomic E-state index is 0.542. The first kappa shape index (κ1) is 26.3. The van der Waals surface area contributed by atoms with Crippen molar-refractivity contribution in [2.45, 2.75) is 0 Å². The van der Waals surface area contributed by atoms with E-state index in [2.05, 4.69) is 61.7 Å². The second-order valence-electron chi connectivity index (χ2n) is 9.71. The van der Waals surface area contributed by atoms with Crippen molar-refractivity contribution in [1.82, 2.24) is 15.0 Å². The maximum atomic E-state index is 9.40. The lowest BCUT2D eigenvalue weighted by Gasteiger charge is -2.13. The van der Waals surface area contributed by atoms with Crippen molar-refractivity contribution < 1.29 is 0 Å². The summed E-state index contributed by atoms with van der Waals surface area (Å²) in [4.78, 5) is 14.4. The van der Waals surface area contributed by atoms with Crippen molar-refractivity contribution in [3.8, 4) is 51.1 Å². The Labute approximate surface area is 245 Å². The summed E-state index contributed by atoms with van der Waals surface area (Å²) in [6.07, 6.45) is 5.27. The molecule has 1 aromatic heterocycles. The van der Waals surface area contributed by atoms with Gasteiger partial charge in [-0.3, -0.25) is 0 Å². The second kappa shape index (κ2) is 11.7. The zero-order chi connectivity index (χ0) is 28.9. The van der Waals surface area contributed by atoms with E-state index >= 15 is 0 Å². The average Bonchev–Trinajstić information content (AvgIpc) is 3.07. The molecule has 42 heavy (non-hydrogen) atoms. The van der Waals surface area contributed by atoms with Crippen LogP contribution in [0.4, 0.5) is 0 Å². The molecule has 4 nitrogen and oxygen atoms in total. The number of aromatic nitrogens is 3. The van der Waals surface area contributed by atoms with Gasteiger partial charge >= 0.3 is 0 Å². The number of nitrogens with zero attached hydrogens (tertiary/aromatic N) is 4. The third kappa shape index (κ3) is 5.15. The minimum atomic E-state index is 0.542. The van der Waals surface area contributed by atoms with Crippen LogP contribution < -0.4 is 0 Å². The summed E-state index contributed by atoms with van der Waals surface area (Å²) in [5, 5.41) is 11.7. The summed E-state index contributed by atoms with van der Waals surface area (Å²) < 4.78 is 0. The largest absolute Gasteiger partial charge is 0.208 e. The van der Waals surface area contributed by atoms with Crippen molar-refractivity contribution in [2.75, 3.05) is 0 Å². The zero-order valence-electron chi connectivity index (χ0n) is 22.9. The summed E-state index contributed by atoms with van der Waals surface area (Å²) in [5.74, 6) is 1.72. The third-order valence-corrected chi connectivity index (χ3v) is 7.12. The molecule has 0 amide bonds. The number of hydrogen-bond donors (Lipinski definition) is 0. The van der Waals surface area contributed by atoms with Crippen LogP contribution >= 0.6 is 0 Å². The van der Waals surface area contributed by atoms with Crippen LogP contribution in [0.15, 0.2) is 147 Å². The first-order valence-electron chi connectivity index (χ1n) is 13.6. The van der Waals surface area contributed by atoms with E-state index in [-0.39, 0.29) is 0 Å². The Bertz CT molecular complexity index is 2010. The fourth-order valence-corrected chi connectivity index (χ4v) is 5.07. The van der Waals surface area contributed by atoms with E-state index in [0.29, 0.717) is 23.0 Å². The maximum absolute atomic E-state index is 9.40. The van der Waals surface area contributed by atoms with Crippen LogP contribution in [-0.2, 0) is 0 Å². The smallest absolute Gasteiger partial charge is 0.164 e. The average molecular weight is 539 g/mol. The molecule has 0 atom stereocenters. The summed E-state index contributed by atoms with van der Waals surface area (Å²) in [5.41, 5.74) is 7.55. The molecule has 0 saturated heterocycles. The van der Waals surface area contributed by atoms with E-state index in [0.717, 1.165) is 49.7 Å². The molecule has 1 heterocycles. The predicted molar refractivity (Wildman–Crippen MR) is 172 cm³/mol. The molecule has 0 unspecified atom stereocenters. The number of hydrogen-bond acceptors (Lipinski definition) is 4. The van der Waals surface area contributed by atoms with Gasteiger partial charge in [0, 0.05) is 16.7 Å². The summed E-state index contributed by atoms with van der Waals surface area (Å²) in [6, 6.07) is 40.8. The molecular weight excluding hydrogens is 512 g/mol. The van der Waals surface area contributed by atoms with Crippen molar-refractivity contribution in [3.63, 3.8) is 0 Å². The highest BCUT2D eigenvalue weighted by atomic mass is 15.0. The molecule has 0 spiro atoms. The van der Waals surface area contributed by atoms with E-state index in [9.17, 15) is 5.26 Å². The Morgan fingerprint density at radius 2 is 1.17 bits per heavy atom. The van der Waals surface area contributed by atoms with Gasteiger partial charge in [0.15, 0.2) is 17.5 Å². The fourth-order valence-electron chi connectivity index (χ4n) is 5.07. The van der Waals surface area contributed by atoms with E-state index in [1.165, 1.54) is 0 Å². The molecule has 0 radical (unpaired) electrons. The van der Waals surface area contributed by atoms with Gasteiger partial charge in [-0.05, 0) is 45.2 Å². The topological polar surface area (TPSA) is 62.5 Å². The van der Waals surface area contributed by atoms with Crippen LogP contribution in [0, 0.1) is 11.3 Å². The predicted octanol–water partition coefficient (Wildman–Crippen LogP) is 9.32. The second-order valence-corrected chi connectivity index (χ2v) is 9.71. The Kier molecular flexibility index (Phi) is 7.31. The van der Waals surface area contributed by atoms with E-state index < -0.39 is 0 Å². The molecule has 0 aliphatic rings. The van der Waals surface area contributed by atoms with Crippen LogP contribution in [0.1, 0.15) is 11.4 Å². The van der Waals surface area contributed by atoms with Gasteiger partial charge in [-0.15, -0.1) is 0 Å². The summed E-state index contributed by atoms with van der Waals surface area (Å²) >= 11 is 0. The molecular formula is C38H26N4. The third-order valence-electron chi connectivity index (χ3n) is 7.12. The highest BCUT2D eigenvalue weighted by Gasteiger charge is 2.14. The molecule has 6 aromatic rings. The Morgan fingerprint density at radius 3 is 1.79 bits per heavy atom. The quantitative estimate of drug-likeness (QED) is 0.190. The number of allylic oxidation sites excluding steroid dienone is 4. The lowest BCUT2D eigenvalue weighted by atomic mass is 9.91. The van der Waals surface area contributed by atoms with Gasteiger partial charge in [0.25, 0.3) is 0 Å². The zero-order valence-corrected chi connectivity index (χ0v) is 22.9. The minimum Gasteiger partial charge on any atom is -0.208 e. The van der Waals surface area contributed by atoms with Gasteiger partial charge in [0.05, 0.1) is 11.6 Å². The lowest BCUT2D eigenvalue weighted by molar-refractivity contribution is 1.04. The van der Waals surface area contributed by atoms with Crippen LogP contribution in [-0.4, -0.2) is 15.0 Å². The number of rotatable bonds is 7. The monoisotopic (exact) mass is 538 g/mol. The van der Waals surface area contributed by atoms with Gasteiger partial charge in [-0.25, -0.2) is 15.0 Å². The van der Waals surface area contributed by atoms with Crippen molar-refractivity contribution in [3.05, 3.63) is 158 Å². The highest BCUT2D eigenvalue weighted by molar-refractivity contribution is 6.05. The normalized spacial score (nSPS) is 11.2. The van der Waals surface area contributed by atoms with E-state index in [1.54, 1.807) is 12.2 Å². The number of fused-ring (bicyclic) bond motifs is 1. The highest BCUT2D eigenvalue weighted by Crippen LogP contribution is 2.36. The molecule has 198 valence electrons. The van der Waals surface area contributed by atoms with E-state index in [1.807, 2.05) is 78.9 Å². The molecule has 6 rings (SSSR count). The molecule has 0 saturated carbocycles. The van der Waals surface area contributed by atoms with Gasteiger partial charge in [0.2, 0.25) is 0 Å². The molecule has 0 bridgehead atoms. The molecule has 5 aromatic carbocycles. The van der Waals surface area contributed by atoms with Crippen molar-refractivity contribution >= 4 is 16.3 Å². The standard InChI is InChI=1S/C38H26N4/c1-3-11-27(4-2)36-40-37(29-13-6-5-7-14-29)42-38(41-36)30-20-18-28(19-21-30)32-22-23-33(35-17-9-8-16-34(32)35)31-15-10-12-26(24-31)25-39/h3-24H,1-2H2/b27-11+. The molecule has 0 fully saturated rings. The Morgan fingerprint density at radius 1 is 0.595 bits per heavy atom. The van der Waals surface area contributed by atoms with Crippen molar-refractivity contribution in [1.29, 1.82) is 5.26 Å². The van der Waals surface area contributed by atoms with Gasteiger partial charge in [-0.1, -0.05) is 135 Å². The van der Waals surface area contributed by atoms with Crippen LogP contribution in [0.2, 0.25) is 0 Å². The maximum Gasteiger partial charge on any atom is 0.164 e. The lowest BCUT2D eigenvalue weighted by Crippen LogP contribution is -2.02.